The summed E-state index contributed by atoms with van der Waals surface area (Å²) < 4.78 is 0. The molecule has 0 heterocycles. The SMILES string of the molecule is O=C(NCc1cccc(-c2ccccc2)c1)C1CCCCC1. The second-order valence-corrected chi connectivity index (χ2v) is 6.12. The first-order chi connectivity index (χ1) is 10.8. The first-order valence-corrected chi connectivity index (χ1v) is 8.25. The number of rotatable bonds is 4. The minimum atomic E-state index is 0.227. The third-order valence-corrected chi connectivity index (χ3v) is 4.48. The van der Waals surface area contributed by atoms with Crippen molar-refractivity contribution in [2.75, 3.05) is 0 Å². The van der Waals surface area contributed by atoms with E-state index in [1.165, 1.54) is 30.4 Å². The summed E-state index contributed by atoms with van der Waals surface area (Å²) in [7, 11) is 0. The second-order valence-electron chi connectivity index (χ2n) is 6.12. The van der Waals surface area contributed by atoms with Crippen molar-refractivity contribution in [2.45, 2.75) is 38.6 Å². The van der Waals surface area contributed by atoms with Gasteiger partial charge in [0.05, 0.1) is 0 Å². The van der Waals surface area contributed by atoms with E-state index in [1.54, 1.807) is 0 Å². The summed E-state index contributed by atoms with van der Waals surface area (Å²) in [6.45, 7) is 0.621. The molecule has 3 rings (SSSR count). The maximum atomic E-state index is 12.2. The van der Waals surface area contributed by atoms with Gasteiger partial charge in [0.15, 0.2) is 0 Å². The van der Waals surface area contributed by atoms with Gasteiger partial charge in [-0.05, 0) is 35.6 Å². The van der Waals surface area contributed by atoms with Crippen LogP contribution in [0.1, 0.15) is 37.7 Å². The van der Waals surface area contributed by atoms with E-state index in [-0.39, 0.29) is 11.8 Å². The van der Waals surface area contributed by atoms with Crippen molar-refractivity contribution in [1.29, 1.82) is 0 Å². The van der Waals surface area contributed by atoms with Crippen molar-refractivity contribution in [3.05, 3.63) is 60.2 Å². The maximum Gasteiger partial charge on any atom is 0.223 e. The summed E-state index contributed by atoms with van der Waals surface area (Å²) in [4.78, 5) is 12.2. The number of amides is 1. The van der Waals surface area contributed by atoms with Crippen LogP contribution in [-0.4, -0.2) is 5.91 Å². The Balaban J connectivity index is 1.62. The van der Waals surface area contributed by atoms with Crippen LogP contribution in [0, 0.1) is 5.92 Å². The maximum absolute atomic E-state index is 12.2. The number of nitrogens with one attached hydrogen (secondary N) is 1. The highest BCUT2D eigenvalue weighted by Gasteiger charge is 2.20. The molecule has 0 spiro atoms. The zero-order chi connectivity index (χ0) is 15.2. The topological polar surface area (TPSA) is 29.1 Å². The van der Waals surface area contributed by atoms with E-state index in [4.69, 9.17) is 0 Å². The van der Waals surface area contributed by atoms with Crippen LogP contribution in [0.5, 0.6) is 0 Å². The molecule has 0 unspecified atom stereocenters. The van der Waals surface area contributed by atoms with E-state index >= 15 is 0 Å². The van der Waals surface area contributed by atoms with Gasteiger partial charge in [0.1, 0.15) is 0 Å². The quantitative estimate of drug-likeness (QED) is 0.880. The minimum absolute atomic E-state index is 0.227. The lowest BCUT2D eigenvalue weighted by Crippen LogP contribution is -2.31. The van der Waals surface area contributed by atoms with E-state index in [0.717, 1.165) is 18.4 Å². The molecule has 2 aromatic rings. The fourth-order valence-corrected chi connectivity index (χ4v) is 3.19. The Morgan fingerprint density at radius 2 is 1.64 bits per heavy atom. The number of hydrogen-bond donors (Lipinski definition) is 1. The van der Waals surface area contributed by atoms with E-state index in [2.05, 4.69) is 41.7 Å². The predicted molar refractivity (Wildman–Crippen MR) is 90.3 cm³/mol. The van der Waals surface area contributed by atoms with Crippen molar-refractivity contribution >= 4 is 5.91 Å². The molecule has 0 atom stereocenters. The fraction of sp³-hybridized carbons (Fsp3) is 0.350. The lowest BCUT2D eigenvalue weighted by atomic mass is 9.88. The van der Waals surface area contributed by atoms with Gasteiger partial charge in [0.25, 0.3) is 0 Å². The molecule has 1 fully saturated rings. The van der Waals surface area contributed by atoms with Crippen LogP contribution in [0.25, 0.3) is 11.1 Å². The largest absolute Gasteiger partial charge is 0.352 e. The summed E-state index contributed by atoms with van der Waals surface area (Å²) >= 11 is 0. The minimum Gasteiger partial charge on any atom is -0.352 e. The molecule has 1 saturated carbocycles. The van der Waals surface area contributed by atoms with Gasteiger partial charge in [-0.25, -0.2) is 0 Å². The van der Waals surface area contributed by atoms with E-state index in [1.807, 2.05) is 18.2 Å². The Kier molecular flexibility index (Phi) is 4.89. The number of hydrogen-bond acceptors (Lipinski definition) is 1. The predicted octanol–water partition coefficient (Wildman–Crippen LogP) is 4.55. The van der Waals surface area contributed by atoms with Crippen molar-refractivity contribution < 1.29 is 4.79 Å². The molecule has 0 bridgehead atoms. The highest BCUT2D eigenvalue weighted by molar-refractivity contribution is 5.78. The molecule has 1 aliphatic rings. The average Bonchev–Trinajstić information content (AvgIpc) is 2.61. The lowest BCUT2D eigenvalue weighted by Gasteiger charge is -2.20. The molecular weight excluding hydrogens is 270 g/mol. The standard InChI is InChI=1S/C20H23NO/c22-20(18-11-5-2-6-12-18)21-15-16-8-7-13-19(14-16)17-9-3-1-4-10-17/h1,3-4,7-10,13-14,18H,2,5-6,11-12,15H2,(H,21,22). The Hall–Kier alpha value is -2.09. The molecule has 0 radical (unpaired) electrons. The highest BCUT2D eigenvalue weighted by atomic mass is 16.1. The molecule has 2 aromatic carbocycles. The van der Waals surface area contributed by atoms with Gasteiger partial charge in [0.2, 0.25) is 5.91 Å². The zero-order valence-corrected chi connectivity index (χ0v) is 12.9. The van der Waals surface area contributed by atoms with Gasteiger partial charge in [-0.15, -0.1) is 0 Å². The Bertz CT molecular complexity index is 615. The first-order valence-electron chi connectivity index (χ1n) is 8.25. The summed E-state index contributed by atoms with van der Waals surface area (Å²) in [5, 5.41) is 3.11. The van der Waals surface area contributed by atoms with Crippen molar-refractivity contribution in [1.82, 2.24) is 5.32 Å². The Morgan fingerprint density at radius 1 is 0.909 bits per heavy atom. The van der Waals surface area contributed by atoms with Crippen LogP contribution in [0.4, 0.5) is 0 Å². The molecule has 0 aliphatic heterocycles. The summed E-state index contributed by atoms with van der Waals surface area (Å²) in [5.41, 5.74) is 3.57. The molecule has 114 valence electrons. The van der Waals surface area contributed by atoms with Gasteiger partial charge in [-0.2, -0.15) is 0 Å². The Morgan fingerprint density at radius 3 is 2.41 bits per heavy atom. The number of carbonyl (C=O) groups is 1. The van der Waals surface area contributed by atoms with Crippen LogP contribution < -0.4 is 5.32 Å². The third-order valence-electron chi connectivity index (χ3n) is 4.48. The summed E-state index contributed by atoms with van der Waals surface area (Å²) in [6.07, 6.45) is 5.78. The van der Waals surface area contributed by atoms with Gasteiger partial charge in [0, 0.05) is 12.5 Å². The van der Waals surface area contributed by atoms with Gasteiger partial charge in [-0.1, -0.05) is 67.8 Å². The molecule has 1 N–H and O–H groups in total. The smallest absolute Gasteiger partial charge is 0.223 e. The van der Waals surface area contributed by atoms with E-state index < -0.39 is 0 Å². The van der Waals surface area contributed by atoms with Crippen LogP contribution in [-0.2, 0) is 11.3 Å². The van der Waals surface area contributed by atoms with Crippen LogP contribution >= 0.6 is 0 Å². The lowest BCUT2D eigenvalue weighted by molar-refractivity contribution is -0.126. The monoisotopic (exact) mass is 293 g/mol. The molecule has 1 amide bonds. The van der Waals surface area contributed by atoms with Crippen LogP contribution in [0.2, 0.25) is 0 Å². The van der Waals surface area contributed by atoms with E-state index in [9.17, 15) is 4.79 Å². The fourth-order valence-electron chi connectivity index (χ4n) is 3.19. The molecule has 2 heteroatoms. The molecule has 0 aromatic heterocycles. The zero-order valence-electron chi connectivity index (χ0n) is 12.9. The van der Waals surface area contributed by atoms with Crippen molar-refractivity contribution in [2.24, 2.45) is 5.92 Å². The van der Waals surface area contributed by atoms with Crippen LogP contribution in [0.15, 0.2) is 54.6 Å². The highest BCUT2D eigenvalue weighted by Crippen LogP contribution is 2.24. The Labute approximate surface area is 132 Å². The van der Waals surface area contributed by atoms with Crippen LogP contribution in [0.3, 0.4) is 0 Å². The first kappa shape index (κ1) is 14.8. The molecule has 2 nitrogen and oxygen atoms in total. The molecular formula is C20H23NO. The normalized spacial score (nSPS) is 15.5. The third kappa shape index (κ3) is 3.76. The summed E-state index contributed by atoms with van der Waals surface area (Å²) in [5.74, 6) is 0.455. The number of benzene rings is 2. The molecule has 1 aliphatic carbocycles. The average molecular weight is 293 g/mol. The van der Waals surface area contributed by atoms with E-state index in [0.29, 0.717) is 6.54 Å². The van der Waals surface area contributed by atoms with Crippen molar-refractivity contribution in [3.8, 4) is 11.1 Å². The van der Waals surface area contributed by atoms with Gasteiger partial charge < -0.3 is 5.32 Å². The number of carbonyl (C=O) groups excluding carboxylic acids is 1. The van der Waals surface area contributed by atoms with Gasteiger partial charge >= 0.3 is 0 Å². The molecule has 0 saturated heterocycles. The second kappa shape index (κ2) is 7.26. The summed E-state index contributed by atoms with van der Waals surface area (Å²) in [6, 6.07) is 18.8. The van der Waals surface area contributed by atoms with Crippen molar-refractivity contribution in [3.63, 3.8) is 0 Å². The molecule has 22 heavy (non-hydrogen) atoms. The van der Waals surface area contributed by atoms with Gasteiger partial charge in [-0.3, -0.25) is 4.79 Å².